The fraction of sp³-hybridized carbons (Fsp3) is 0.133. The van der Waals surface area contributed by atoms with Crippen molar-refractivity contribution in [2.24, 2.45) is 5.18 Å². The number of halogens is 1. The van der Waals surface area contributed by atoms with Crippen LogP contribution in [0.15, 0.2) is 41.6 Å². The van der Waals surface area contributed by atoms with Gasteiger partial charge in [-0.25, -0.2) is 4.98 Å². The van der Waals surface area contributed by atoms with Gasteiger partial charge >= 0.3 is 0 Å². The lowest BCUT2D eigenvalue weighted by Crippen LogP contribution is -1.98. The molecule has 0 unspecified atom stereocenters. The van der Waals surface area contributed by atoms with Crippen LogP contribution in [0.25, 0.3) is 20.8 Å². The van der Waals surface area contributed by atoms with E-state index in [4.69, 9.17) is 21.1 Å². The molecule has 3 rings (SSSR count). The quantitative estimate of drug-likeness (QED) is 0.486. The van der Waals surface area contributed by atoms with Crippen molar-refractivity contribution in [3.63, 3.8) is 0 Å². The van der Waals surface area contributed by atoms with Crippen LogP contribution in [0.4, 0.5) is 5.69 Å². The minimum absolute atomic E-state index is 0.201. The Balaban J connectivity index is 1.97. The Labute approximate surface area is 135 Å². The van der Waals surface area contributed by atoms with E-state index in [2.05, 4.69) is 10.2 Å². The number of rotatable bonds is 5. The summed E-state index contributed by atoms with van der Waals surface area (Å²) in [5.41, 5.74) is 1.94. The van der Waals surface area contributed by atoms with Crippen LogP contribution in [-0.2, 0) is 4.74 Å². The van der Waals surface area contributed by atoms with E-state index in [1.807, 2.05) is 18.2 Å². The molecule has 0 N–H and O–H groups in total. The highest BCUT2D eigenvalue weighted by atomic mass is 35.5. The van der Waals surface area contributed by atoms with Gasteiger partial charge in [0.2, 0.25) is 0 Å². The van der Waals surface area contributed by atoms with Crippen LogP contribution in [-0.4, -0.2) is 18.9 Å². The van der Waals surface area contributed by atoms with Crippen molar-refractivity contribution in [1.29, 1.82) is 0 Å². The molecule has 0 atom stereocenters. The van der Waals surface area contributed by atoms with Gasteiger partial charge in [0.1, 0.15) is 16.4 Å². The molecule has 0 radical (unpaired) electrons. The van der Waals surface area contributed by atoms with Gasteiger partial charge in [0.05, 0.1) is 15.2 Å². The second kappa shape index (κ2) is 6.39. The number of thiazole rings is 1. The second-order valence-electron chi connectivity index (χ2n) is 4.46. The van der Waals surface area contributed by atoms with Gasteiger partial charge in [-0.15, -0.1) is 16.2 Å². The summed E-state index contributed by atoms with van der Waals surface area (Å²) >= 11 is 7.53. The number of fused-ring (bicyclic) bond motifs is 1. The van der Waals surface area contributed by atoms with Crippen molar-refractivity contribution in [1.82, 2.24) is 4.98 Å². The Morgan fingerprint density at radius 2 is 2.14 bits per heavy atom. The van der Waals surface area contributed by atoms with E-state index in [0.29, 0.717) is 5.02 Å². The van der Waals surface area contributed by atoms with E-state index in [9.17, 15) is 4.91 Å². The van der Waals surface area contributed by atoms with Gasteiger partial charge in [-0.3, -0.25) is 0 Å². The summed E-state index contributed by atoms with van der Waals surface area (Å²) in [6.45, 7) is 0.201. The molecule has 0 amide bonds. The average molecular weight is 335 g/mol. The van der Waals surface area contributed by atoms with E-state index < -0.39 is 0 Å². The highest BCUT2D eigenvalue weighted by Gasteiger charge is 2.10. The van der Waals surface area contributed by atoms with E-state index in [1.165, 1.54) is 11.3 Å². The minimum Gasteiger partial charge on any atom is -0.468 e. The highest BCUT2D eigenvalue weighted by Crippen LogP contribution is 2.35. The first-order valence-corrected chi connectivity index (χ1v) is 7.56. The molecule has 0 aliphatic heterocycles. The molecule has 1 aromatic heterocycles. The van der Waals surface area contributed by atoms with Crippen LogP contribution in [0, 0.1) is 4.91 Å². The Hall–Kier alpha value is -2.02. The third kappa shape index (κ3) is 2.94. The lowest BCUT2D eigenvalue weighted by Gasteiger charge is -2.03. The van der Waals surface area contributed by atoms with Gasteiger partial charge in [-0.1, -0.05) is 11.6 Å². The molecule has 5 nitrogen and oxygen atoms in total. The minimum atomic E-state index is 0.201. The number of benzene rings is 2. The van der Waals surface area contributed by atoms with Crippen LogP contribution in [0.5, 0.6) is 5.75 Å². The Bertz CT molecular complexity index is 835. The lowest BCUT2D eigenvalue weighted by molar-refractivity contribution is 0.0512. The van der Waals surface area contributed by atoms with Crippen molar-refractivity contribution < 1.29 is 9.47 Å². The molecule has 0 bridgehead atoms. The molecule has 0 saturated heterocycles. The summed E-state index contributed by atoms with van der Waals surface area (Å²) in [5, 5.41) is 3.99. The Morgan fingerprint density at radius 3 is 2.86 bits per heavy atom. The van der Waals surface area contributed by atoms with Crippen LogP contribution in [0.3, 0.4) is 0 Å². The maximum Gasteiger partial charge on any atom is 0.188 e. The molecular weight excluding hydrogens is 324 g/mol. The van der Waals surface area contributed by atoms with Crippen molar-refractivity contribution in [3.8, 4) is 16.3 Å². The van der Waals surface area contributed by atoms with Gasteiger partial charge in [-0.2, -0.15) is 0 Å². The summed E-state index contributed by atoms with van der Waals surface area (Å²) in [5.74, 6) is 0.725. The number of methoxy groups -OCH3 is 1. The fourth-order valence-corrected chi connectivity index (χ4v) is 3.16. The average Bonchev–Trinajstić information content (AvgIpc) is 2.96. The fourth-order valence-electron chi connectivity index (χ4n) is 1.96. The van der Waals surface area contributed by atoms with Crippen molar-refractivity contribution in [3.05, 3.63) is 46.3 Å². The standard InChI is InChI=1S/C15H11ClN2O3S/c1-20-8-21-10-3-5-13-14(7-10)22-15(17-13)9-2-4-12(18-19)11(16)6-9/h2-7H,8H2,1H3. The monoisotopic (exact) mass is 334 g/mol. The van der Waals surface area contributed by atoms with Gasteiger partial charge in [0.25, 0.3) is 0 Å². The second-order valence-corrected chi connectivity index (χ2v) is 5.89. The number of aromatic nitrogens is 1. The summed E-state index contributed by atoms with van der Waals surface area (Å²) in [6.07, 6.45) is 0. The normalized spacial score (nSPS) is 10.8. The Kier molecular flexibility index (Phi) is 4.33. The van der Waals surface area contributed by atoms with Crippen LogP contribution in [0.1, 0.15) is 0 Å². The highest BCUT2D eigenvalue weighted by molar-refractivity contribution is 7.21. The molecule has 3 aromatic rings. The van der Waals surface area contributed by atoms with Crippen molar-refractivity contribution in [2.45, 2.75) is 0 Å². The SMILES string of the molecule is COCOc1ccc2nc(-c3ccc(N=O)c(Cl)c3)sc2c1. The van der Waals surface area contributed by atoms with Crippen molar-refractivity contribution in [2.75, 3.05) is 13.9 Å². The van der Waals surface area contributed by atoms with Crippen molar-refractivity contribution >= 4 is 38.8 Å². The molecule has 7 heteroatoms. The zero-order valence-corrected chi connectivity index (χ0v) is 13.1. The van der Waals surface area contributed by atoms with Gasteiger partial charge in [0.15, 0.2) is 6.79 Å². The van der Waals surface area contributed by atoms with Crippen LogP contribution in [0.2, 0.25) is 5.02 Å². The molecule has 0 saturated carbocycles. The first-order chi connectivity index (χ1) is 10.7. The summed E-state index contributed by atoms with van der Waals surface area (Å²) in [4.78, 5) is 15.1. The predicted octanol–water partition coefficient (Wildman–Crippen LogP) is 5.00. The Morgan fingerprint density at radius 1 is 1.27 bits per heavy atom. The zero-order chi connectivity index (χ0) is 15.5. The predicted molar refractivity (Wildman–Crippen MR) is 88.0 cm³/mol. The van der Waals surface area contributed by atoms with E-state index >= 15 is 0 Å². The molecule has 22 heavy (non-hydrogen) atoms. The topological polar surface area (TPSA) is 60.8 Å². The van der Waals surface area contributed by atoms with Crippen LogP contribution >= 0.6 is 22.9 Å². The summed E-state index contributed by atoms with van der Waals surface area (Å²) in [6, 6.07) is 10.7. The first kappa shape index (κ1) is 14.9. The third-order valence-corrected chi connectivity index (χ3v) is 4.37. The first-order valence-electron chi connectivity index (χ1n) is 6.37. The molecule has 2 aromatic carbocycles. The molecule has 0 fully saturated rings. The van der Waals surface area contributed by atoms with Gasteiger partial charge in [-0.05, 0) is 41.6 Å². The number of ether oxygens (including phenoxy) is 2. The van der Waals surface area contributed by atoms with Crippen LogP contribution < -0.4 is 4.74 Å². The van der Waals surface area contributed by atoms with Gasteiger partial charge in [0, 0.05) is 12.7 Å². The maximum absolute atomic E-state index is 10.6. The number of nitroso groups, excluding NO2 is 1. The number of hydrogen-bond acceptors (Lipinski definition) is 6. The number of hydrogen-bond donors (Lipinski definition) is 0. The maximum atomic E-state index is 10.6. The molecular formula is C15H11ClN2O3S. The third-order valence-electron chi connectivity index (χ3n) is 3.00. The van der Waals surface area contributed by atoms with E-state index in [1.54, 1.807) is 25.3 Å². The molecule has 0 spiro atoms. The lowest BCUT2D eigenvalue weighted by atomic mass is 10.2. The molecule has 112 valence electrons. The van der Waals surface area contributed by atoms with Gasteiger partial charge < -0.3 is 9.47 Å². The summed E-state index contributed by atoms with van der Waals surface area (Å²) < 4.78 is 11.3. The zero-order valence-electron chi connectivity index (χ0n) is 11.6. The summed E-state index contributed by atoms with van der Waals surface area (Å²) in [7, 11) is 1.57. The number of nitrogens with zero attached hydrogens (tertiary/aromatic N) is 2. The molecule has 1 heterocycles. The largest absolute Gasteiger partial charge is 0.468 e. The van der Waals surface area contributed by atoms with E-state index in [0.717, 1.165) is 26.5 Å². The molecule has 0 aliphatic carbocycles. The smallest absolute Gasteiger partial charge is 0.188 e. The van der Waals surface area contributed by atoms with E-state index in [-0.39, 0.29) is 12.5 Å². The molecule has 0 aliphatic rings.